The van der Waals surface area contributed by atoms with E-state index in [2.05, 4.69) is 25.9 Å². The molecule has 0 aliphatic carbocycles. The molecule has 26 heavy (non-hydrogen) atoms. The Morgan fingerprint density at radius 3 is 2.77 bits per heavy atom. The first-order chi connectivity index (χ1) is 12.5. The van der Waals surface area contributed by atoms with Crippen LogP contribution in [0.1, 0.15) is 18.1 Å². The molecular formula is C19H15BrFNO4. The van der Waals surface area contributed by atoms with Gasteiger partial charge in [0.05, 0.1) is 22.9 Å². The zero-order valence-electron chi connectivity index (χ0n) is 14.1. The fourth-order valence-electron chi connectivity index (χ4n) is 2.43. The van der Waals surface area contributed by atoms with Gasteiger partial charge in [0, 0.05) is 0 Å². The predicted molar refractivity (Wildman–Crippen MR) is 98.6 cm³/mol. The highest BCUT2D eigenvalue weighted by molar-refractivity contribution is 9.10. The lowest BCUT2D eigenvalue weighted by atomic mass is 10.1. The molecule has 0 amide bonds. The van der Waals surface area contributed by atoms with Crippen molar-refractivity contribution in [2.24, 2.45) is 5.16 Å². The lowest BCUT2D eigenvalue weighted by molar-refractivity contribution is -0.136. The number of benzene rings is 2. The highest BCUT2D eigenvalue weighted by Crippen LogP contribution is 2.38. The van der Waals surface area contributed by atoms with Gasteiger partial charge in [0.15, 0.2) is 11.5 Å². The highest BCUT2D eigenvalue weighted by atomic mass is 79.9. The van der Waals surface area contributed by atoms with Gasteiger partial charge in [-0.05, 0) is 64.3 Å². The van der Waals surface area contributed by atoms with Crippen LogP contribution in [0.3, 0.4) is 0 Å². The average molecular weight is 420 g/mol. The number of hydrogen-bond donors (Lipinski definition) is 0. The van der Waals surface area contributed by atoms with Crippen molar-refractivity contribution < 1.29 is 23.5 Å². The molecule has 1 aliphatic heterocycles. The van der Waals surface area contributed by atoms with Crippen LogP contribution in [-0.4, -0.2) is 18.8 Å². The molecule has 134 valence electrons. The molecule has 3 rings (SSSR count). The molecule has 0 bridgehead atoms. The van der Waals surface area contributed by atoms with Gasteiger partial charge < -0.3 is 14.3 Å². The van der Waals surface area contributed by atoms with E-state index >= 15 is 0 Å². The normalized spacial score (nSPS) is 15.0. The summed E-state index contributed by atoms with van der Waals surface area (Å²) in [5, 5.41) is 3.65. The van der Waals surface area contributed by atoms with Gasteiger partial charge in [0.2, 0.25) is 0 Å². The minimum Gasteiger partial charge on any atom is -0.493 e. The Bertz CT molecular complexity index is 924. The summed E-state index contributed by atoms with van der Waals surface area (Å²) in [7, 11) is 1.52. The monoisotopic (exact) mass is 419 g/mol. The number of carbonyl (C=O) groups excluding carboxylic acids is 1. The minimum atomic E-state index is -0.496. The number of halogens is 2. The third kappa shape index (κ3) is 3.94. The molecule has 0 saturated carbocycles. The second kappa shape index (κ2) is 7.70. The maximum Gasteiger partial charge on any atom is 0.367 e. The van der Waals surface area contributed by atoms with Crippen LogP contribution in [-0.2, 0) is 16.2 Å². The first-order valence-electron chi connectivity index (χ1n) is 7.70. The van der Waals surface area contributed by atoms with E-state index in [0.29, 0.717) is 32.8 Å². The summed E-state index contributed by atoms with van der Waals surface area (Å²) in [6.45, 7) is 1.88. The molecule has 5 nitrogen and oxygen atoms in total. The third-order valence-electron chi connectivity index (χ3n) is 3.71. The molecule has 0 saturated heterocycles. The van der Waals surface area contributed by atoms with Gasteiger partial charge in [-0.2, -0.15) is 0 Å². The van der Waals surface area contributed by atoms with Gasteiger partial charge in [-0.15, -0.1) is 0 Å². The molecule has 0 fully saturated rings. The van der Waals surface area contributed by atoms with Crippen LogP contribution in [0.4, 0.5) is 4.39 Å². The molecule has 1 aliphatic rings. The van der Waals surface area contributed by atoms with Crippen LogP contribution < -0.4 is 9.47 Å². The van der Waals surface area contributed by atoms with E-state index in [4.69, 9.17) is 9.47 Å². The van der Waals surface area contributed by atoms with Gasteiger partial charge in [-0.3, -0.25) is 0 Å². The standard InChI is InChI=1S/C19H15BrFNO4/c1-11-15(19(23)26-22-11)7-13-8-16(20)18(17(9-13)24-2)25-10-12-4-3-5-14(21)6-12/h3-9H,10H2,1-2H3/b15-7-. The lowest BCUT2D eigenvalue weighted by Gasteiger charge is -2.14. The molecule has 0 aromatic heterocycles. The Morgan fingerprint density at radius 2 is 2.12 bits per heavy atom. The molecule has 0 radical (unpaired) electrons. The number of oxime groups is 1. The average Bonchev–Trinajstić information content (AvgIpc) is 2.92. The molecule has 2 aromatic carbocycles. The largest absolute Gasteiger partial charge is 0.493 e. The summed E-state index contributed by atoms with van der Waals surface area (Å²) in [5.41, 5.74) is 2.31. The Hall–Kier alpha value is -2.67. The first-order valence-corrected chi connectivity index (χ1v) is 8.50. The van der Waals surface area contributed by atoms with E-state index in [1.807, 2.05) is 0 Å². The van der Waals surface area contributed by atoms with Crippen LogP contribution in [0.5, 0.6) is 11.5 Å². The Labute approximate surface area is 158 Å². The van der Waals surface area contributed by atoms with E-state index in [0.717, 1.165) is 5.56 Å². The van der Waals surface area contributed by atoms with E-state index in [1.54, 1.807) is 37.3 Å². The second-order valence-corrected chi connectivity index (χ2v) is 6.42. The van der Waals surface area contributed by atoms with Crippen LogP contribution in [0.2, 0.25) is 0 Å². The number of rotatable bonds is 5. The maximum absolute atomic E-state index is 13.3. The Morgan fingerprint density at radius 1 is 1.31 bits per heavy atom. The van der Waals surface area contributed by atoms with E-state index in [1.165, 1.54) is 19.2 Å². The van der Waals surface area contributed by atoms with Crippen molar-refractivity contribution in [3.05, 3.63) is 63.4 Å². The van der Waals surface area contributed by atoms with Gasteiger partial charge in [-0.1, -0.05) is 17.3 Å². The topological polar surface area (TPSA) is 57.1 Å². The van der Waals surface area contributed by atoms with E-state index in [9.17, 15) is 9.18 Å². The van der Waals surface area contributed by atoms with E-state index in [-0.39, 0.29) is 12.4 Å². The predicted octanol–water partition coefficient (Wildman–Crippen LogP) is 4.49. The van der Waals surface area contributed by atoms with Gasteiger partial charge in [0.1, 0.15) is 12.4 Å². The summed E-state index contributed by atoms with van der Waals surface area (Å²) in [6, 6.07) is 9.71. The molecule has 1 heterocycles. The number of hydrogen-bond acceptors (Lipinski definition) is 5. The molecule has 7 heteroatoms. The van der Waals surface area contributed by atoms with Crippen molar-refractivity contribution >= 4 is 33.7 Å². The van der Waals surface area contributed by atoms with Crippen molar-refractivity contribution in [2.45, 2.75) is 13.5 Å². The van der Waals surface area contributed by atoms with Crippen LogP contribution in [0.25, 0.3) is 6.08 Å². The van der Waals surface area contributed by atoms with Crippen LogP contribution in [0.15, 0.2) is 51.6 Å². The number of nitrogens with zero attached hydrogens (tertiary/aromatic N) is 1. The van der Waals surface area contributed by atoms with E-state index < -0.39 is 5.97 Å². The summed E-state index contributed by atoms with van der Waals surface area (Å²) < 4.78 is 25.1. The lowest BCUT2D eigenvalue weighted by Crippen LogP contribution is -2.02. The molecule has 0 atom stereocenters. The summed E-state index contributed by atoms with van der Waals surface area (Å²) in [6.07, 6.45) is 1.66. The summed E-state index contributed by atoms with van der Waals surface area (Å²) >= 11 is 3.45. The Balaban J connectivity index is 1.87. The second-order valence-electron chi connectivity index (χ2n) is 5.57. The molecule has 0 unspecified atom stereocenters. The maximum atomic E-state index is 13.3. The summed E-state index contributed by atoms with van der Waals surface area (Å²) in [5.74, 6) is 0.144. The summed E-state index contributed by atoms with van der Waals surface area (Å²) in [4.78, 5) is 16.3. The molecular weight excluding hydrogens is 405 g/mol. The van der Waals surface area contributed by atoms with Gasteiger partial charge in [-0.25, -0.2) is 9.18 Å². The zero-order valence-corrected chi connectivity index (χ0v) is 15.7. The zero-order chi connectivity index (χ0) is 18.7. The quantitative estimate of drug-likeness (QED) is 0.529. The van der Waals surface area contributed by atoms with Crippen molar-refractivity contribution in [3.8, 4) is 11.5 Å². The van der Waals surface area contributed by atoms with Gasteiger partial charge >= 0.3 is 5.97 Å². The van der Waals surface area contributed by atoms with Gasteiger partial charge in [0.25, 0.3) is 0 Å². The molecule has 0 spiro atoms. The highest BCUT2D eigenvalue weighted by Gasteiger charge is 2.22. The van der Waals surface area contributed by atoms with Crippen molar-refractivity contribution in [1.29, 1.82) is 0 Å². The fourth-order valence-corrected chi connectivity index (χ4v) is 3.01. The first kappa shape index (κ1) is 18.1. The van der Waals surface area contributed by atoms with Crippen molar-refractivity contribution in [1.82, 2.24) is 0 Å². The van der Waals surface area contributed by atoms with Crippen LogP contribution >= 0.6 is 15.9 Å². The van der Waals surface area contributed by atoms with Crippen molar-refractivity contribution in [3.63, 3.8) is 0 Å². The number of methoxy groups -OCH3 is 1. The minimum absolute atomic E-state index is 0.186. The number of carbonyl (C=O) groups is 1. The Kier molecular flexibility index (Phi) is 5.37. The molecule has 2 aromatic rings. The van der Waals surface area contributed by atoms with Crippen LogP contribution in [0, 0.1) is 5.82 Å². The fraction of sp³-hybridized carbons (Fsp3) is 0.158. The smallest absolute Gasteiger partial charge is 0.367 e. The third-order valence-corrected chi connectivity index (χ3v) is 4.30. The SMILES string of the molecule is COc1cc(/C=C2\C(=O)ON=C2C)cc(Br)c1OCc1cccc(F)c1. The number of ether oxygens (including phenoxy) is 2. The van der Waals surface area contributed by atoms with Crippen molar-refractivity contribution in [2.75, 3.05) is 7.11 Å². The molecule has 0 N–H and O–H groups in total.